The van der Waals surface area contributed by atoms with Gasteiger partial charge in [-0.1, -0.05) is 52.5 Å². The van der Waals surface area contributed by atoms with Crippen LogP contribution in [0, 0.1) is 0 Å². The number of hydrogen-bond donors (Lipinski definition) is 1. The van der Waals surface area contributed by atoms with Gasteiger partial charge in [0.25, 0.3) is 5.91 Å². The van der Waals surface area contributed by atoms with Crippen molar-refractivity contribution in [2.45, 2.75) is 13.2 Å². The molecule has 4 rings (SSSR count). The minimum Gasteiger partial charge on any atom is -0.484 e. The highest BCUT2D eigenvalue weighted by Gasteiger charge is 2.15. The average Bonchev–Trinajstić information content (AvgIpc) is 3.39. The number of carbonyl (C=O) groups is 1. The third-order valence-corrected chi connectivity index (χ3v) is 5.38. The second-order valence-corrected chi connectivity index (χ2v) is 8.27. The fraction of sp³-hybridized carbons (Fsp3) is 0.0952. The van der Waals surface area contributed by atoms with Crippen LogP contribution in [0.25, 0.3) is 0 Å². The number of carbonyl (C=O) groups excluding carboxylic acids is 1. The number of anilines is 1. The van der Waals surface area contributed by atoms with E-state index in [1.807, 2.05) is 0 Å². The molecule has 1 N–H and O–H groups in total. The number of furan rings is 1. The van der Waals surface area contributed by atoms with Gasteiger partial charge in [-0.05, 0) is 48.0 Å². The quantitative estimate of drug-likeness (QED) is 0.312. The first-order chi connectivity index (χ1) is 15.4. The van der Waals surface area contributed by atoms with Gasteiger partial charge in [-0.25, -0.2) is 9.67 Å². The van der Waals surface area contributed by atoms with Crippen molar-refractivity contribution >= 4 is 58.3 Å². The summed E-state index contributed by atoms with van der Waals surface area (Å²) in [6.45, 7) is 0.456. The van der Waals surface area contributed by atoms with Crippen LogP contribution >= 0.6 is 46.4 Å². The third-order valence-electron chi connectivity index (χ3n) is 4.26. The van der Waals surface area contributed by atoms with Crippen molar-refractivity contribution in [3.05, 3.63) is 92.0 Å². The fourth-order valence-corrected chi connectivity index (χ4v) is 3.67. The standard InChI is InChI=1S/C21H14Cl4N4O3/c22-13-2-1-12(16(24)7-13)9-29-11-26-21(28-29)27-20(30)19-6-4-15(32-19)10-31-18-5-3-14(23)8-17(18)25/h1-8,11H,9-10H2,(H,27,28,30). The Morgan fingerprint density at radius 3 is 2.50 bits per heavy atom. The van der Waals surface area contributed by atoms with Crippen molar-refractivity contribution in [3.8, 4) is 5.75 Å². The first-order valence-electron chi connectivity index (χ1n) is 9.18. The Bertz CT molecular complexity index is 1270. The second-order valence-electron chi connectivity index (χ2n) is 6.58. The van der Waals surface area contributed by atoms with Crippen molar-refractivity contribution in [2.24, 2.45) is 0 Å². The molecule has 0 aliphatic carbocycles. The first-order valence-corrected chi connectivity index (χ1v) is 10.7. The molecule has 11 heteroatoms. The summed E-state index contributed by atoms with van der Waals surface area (Å²) < 4.78 is 12.7. The molecule has 0 saturated carbocycles. The van der Waals surface area contributed by atoms with E-state index in [-0.39, 0.29) is 18.3 Å². The van der Waals surface area contributed by atoms with E-state index in [1.165, 1.54) is 12.4 Å². The predicted octanol–water partition coefficient (Wildman–Crippen LogP) is 6.36. The first kappa shape index (κ1) is 22.5. The highest BCUT2D eigenvalue weighted by molar-refractivity contribution is 6.35. The summed E-state index contributed by atoms with van der Waals surface area (Å²) in [7, 11) is 0. The van der Waals surface area contributed by atoms with Gasteiger partial charge in [0.05, 0.1) is 11.6 Å². The maximum atomic E-state index is 12.4. The molecule has 0 bridgehead atoms. The van der Waals surface area contributed by atoms with Crippen molar-refractivity contribution in [1.82, 2.24) is 14.8 Å². The SMILES string of the molecule is O=C(Nc1ncn(Cc2ccc(Cl)cc2Cl)n1)c1ccc(COc2ccc(Cl)cc2Cl)o1. The summed E-state index contributed by atoms with van der Waals surface area (Å²) in [5.41, 5.74) is 0.815. The van der Waals surface area contributed by atoms with Gasteiger partial charge in [-0.2, -0.15) is 0 Å². The molecule has 2 aromatic carbocycles. The van der Waals surface area contributed by atoms with E-state index in [9.17, 15) is 4.79 Å². The van der Waals surface area contributed by atoms with Crippen LogP contribution < -0.4 is 10.1 Å². The molecule has 32 heavy (non-hydrogen) atoms. The zero-order chi connectivity index (χ0) is 22.7. The summed E-state index contributed by atoms with van der Waals surface area (Å²) in [5, 5.41) is 8.76. The van der Waals surface area contributed by atoms with Crippen LogP contribution in [0.2, 0.25) is 20.1 Å². The van der Waals surface area contributed by atoms with Crippen LogP contribution in [0.15, 0.2) is 59.3 Å². The third kappa shape index (κ3) is 5.55. The summed E-state index contributed by atoms with van der Waals surface area (Å²) in [5.74, 6) is 0.610. The Hall–Kier alpha value is -2.71. The smallest absolute Gasteiger partial charge is 0.293 e. The Morgan fingerprint density at radius 2 is 1.75 bits per heavy atom. The minimum absolute atomic E-state index is 0.0860. The van der Waals surface area contributed by atoms with Gasteiger partial charge in [0.2, 0.25) is 5.95 Å². The van der Waals surface area contributed by atoms with Crippen LogP contribution in [0.5, 0.6) is 5.75 Å². The molecule has 0 radical (unpaired) electrons. The van der Waals surface area contributed by atoms with Crippen molar-refractivity contribution in [1.29, 1.82) is 0 Å². The van der Waals surface area contributed by atoms with E-state index in [4.69, 9.17) is 55.6 Å². The van der Waals surface area contributed by atoms with Gasteiger partial charge in [0, 0.05) is 15.1 Å². The number of ether oxygens (including phenoxy) is 1. The normalized spacial score (nSPS) is 10.9. The van der Waals surface area contributed by atoms with E-state index < -0.39 is 5.91 Å². The lowest BCUT2D eigenvalue weighted by molar-refractivity contribution is 0.0991. The number of benzene rings is 2. The Kier molecular flexibility index (Phi) is 6.91. The lowest BCUT2D eigenvalue weighted by atomic mass is 10.2. The van der Waals surface area contributed by atoms with Crippen LogP contribution in [0.4, 0.5) is 5.95 Å². The molecule has 0 atom stereocenters. The van der Waals surface area contributed by atoms with Crippen LogP contribution in [-0.4, -0.2) is 20.7 Å². The number of halogens is 4. The Morgan fingerprint density at radius 1 is 1.00 bits per heavy atom. The lowest BCUT2D eigenvalue weighted by Crippen LogP contribution is -2.12. The maximum absolute atomic E-state index is 12.4. The molecule has 0 aliphatic heterocycles. The molecule has 0 aliphatic rings. The van der Waals surface area contributed by atoms with E-state index in [2.05, 4.69) is 15.4 Å². The lowest BCUT2D eigenvalue weighted by Gasteiger charge is -2.06. The van der Waals surface area contributed by atoms with Crippen molar-refractivity contribution in [3.63, 3.8) is 0 Å². The highest BCUT2D eigenvalue weighted by atomic mass is 35.5. The number of hydrogen-bond acceptors (Lipinski definition) is 5. The number of rotatable bonds is 7. The topological polar surface area (TPSA) is 82.2 Å². The highest BCUT2D eigenvalue weighted by Crippen LogP contribution is 2.28. The van der Waals surface area contributed by atoms with Gasteiger partial charge in [-0.3, -0.25) is 10.1 Å². The largest absolute Gasteiger partial charge is 0.484 e. The van der Waals surface area contributed by atoms with Gasteiger partial charge < -0.3 is 9.15 Å². The molecule has 0 fully saturated rings. The van der Waals surface area contributed by atoms with Crippen LogP contribution in [0.3, 0.4) is 0 Å². The van der Waals surface area contributed by atoms with Crippen LogP contribution in [0.1, 0.15) is 21.9 Å². The average molecular weight is 512 g/mol. The minimum atomic E-state index is -0.497. The molecular formula is C21H14Cl4N4O3. The molecule has 4 aromatic rings. The van der Waals surface area contributed by atoms with Crippen molar-refractivity contribution < 1.29 is 13.9 Å². The molecule has 0 unspecified atom stereocenters. The predicted molar refractivity (Wildman–Crippen MR) is 123 cm³/mol. The van der Waals surface area contributed by atoms with E-state index >= 15 is 0 Å². The fourth-order valence-electron chi connectivity index (χ4n) is 2.73. The van der Waals surface area contributed by atoms with Gasteiger partial charge >= 0.3 is 0 Å². The maximum Gasteiger partial charge on any atom is 0.293 e. The van der Waals surface area contributed by atoms with E-state index in [1.54, 1.807) is 47.1 Å². The molecule has 164 valence electrons. The summed E-state index contributed by atoms with van der Waals surface area (Å²) >= 11 is 24.0. The van der Waals surface area contributed by atoms with E-state index in [0.29, 0.717) is 38.1 Å². The molecule has 1 amide bonds. The number of amides is 1. The molecule has 2 aromatic heterocycles. The molecule has 0 spiro atoms. The summed E-state index contributed by atoms with van der Waals surface area (Å²) in [4.78, 5) is 16.5. The second kappa shape index (κ2) is 9.83. The number of aromatic nitrogens is 3. The Labute approximate surface area is 202 Å². The summed E-state index contributed by atoms with van der Waals surface area (Å²) in [6, 6.07) is 13.2. The number of nitrogens with zero attached hydrogens (tertiary/aromatic N) is 3. The molecule has 0 saturated heterocycles. The van der Waals surface area contributed by atoms with Gasteiger partial charge in [0.15, 0.2) is 5.76 Å². The Balaban J connectivity index is 1.35. The van der Waals surface area contributed by atoms with E-state index in [0.717, 1.165) is 5.56 Å². The van der Waals surface area contributed by atoms with Gasteiger partial charge in [-0.15, -0.1) is 5.10 Å². The number of nitrogens with one attached hydrogen (secondary N) is 1. The molecular weight excluding hydrogens is 498 g/mol. The van der Waals surface area contributed by atoms with Crippen molar-refractivity contribution in [2.75, 3.05) is 5.32 Å². The zero-order valence-corrected chi connectivity index (χ0v) is 19.2. The molecule has 7 nitrogen and oxygen atoms in total. The van der Waals surface area contributed by atoms with Crippen LogP contribution in [-0.2, 0) is 13.2 Å². The van der Waals surface area contributed by atoms with Gasteiger partial charge in [0.1, 0.15) is 24.4 Å². The summed E-state index contributed by atoms with van der Waals surface area (Å²) in [6.07, 6.45) is 1.48. The molecule has 2 heterocycles. The zero-order valence-electron chi connectivity index (χ0n) is 16.2. The monoisotopic (exact) mass is 510 g/mol.